The first-order valence-electron chi connectivity index (χ1n) is 9.32. The Kier molecular flexibility index (Phi) is 5.34. The molecule has 1 saturated heterocycles. The van der Waals surface area contributed by atoms with Crippen LogP contribution in [0.4, 0.5) is 0 Å². The minimum absolute atomic E-state index is 0.0624. The molecule has 1 unspecified atom stereocenters. The number of para-hydroxylation sites is 1. The van der Waals surface area contributed by atoms with E-state index in [0.29, 0.717) is 6.54 Å². The number of ether oxygens (including phenoxy) is 1. The van der Waals surface area contributed by atoms with Gasteiger partial charge >= 0.3 is 0 Å². The second kappa shape index (κ2) is 8.06. The molecule has 2 aromatic heterocycles. The molecule has 7 heteroatoms. The number of aromatic nitrogens is 3. The highest BCUT2D eigenvalue weighted by Crippen LogP contribution is 2.36. The first-order valence-corrected chi connectivity index (χ1v) is 10.2. The summed E-state index contributed by atoms with van der Waals surface area (Å²) in [5.74, 6) is 0.972. The Labute approximate surface area is 168 Å². The van der Waals surface area contributed by atoms with Crippen molar-refractivity contribution < 1.29 is 9.53 Å². The number of amides is 1. The van der Waals surface area contributed by atoms with Crippen molar-refractivity contribution in [3.8, 4) is 17.0 Å². The second-order valence-corrected chi connectivity index (χ2v) is 7.70. The Balaban J connectivity index is 1.65. The number of carbonyl (C=O) groups excluding carboxylic acids is 1. The third-order valence-electron chi connectivity index (χ3n) is 5.12. The molecule has 3 aromatic rings. The Morgan fingerprint density at radius 1 is 1.21 bits per heavy atom. The van der Waals surface area contributed by atoms with Crippen molar-refractivity contribution in [3.63, 3.8) is 0 Å². The molecule has 1 amide bonds. The van der Waals surface area contributed by atoms with Crippen molar-refractivity contribution in [2.24, 2.45) is 0 Å². The Morgan fingerprint density at radius 3 is 2.82 bits per heavy atom. The van der Waals surface area contributed by atoms with E-state index in [-0.39, 0.29) is 11.8 Å². The molecule has 1 fully saturated rings. The fraction of sp³-hybridized carbons (Fsp3) is 0.333. The highest BCUT2D eigenvalue weighted by atomic mass is 32.1. The summed E-state index contributed by atoms with van der Waals surface area (Å²) in [4.78, 5) is 29.1. The van der Waals surface area contributed by atoms with Crippen LogP contribution in [0.2, 0.25) is 0 Å². The van der Waals surface area contributed by atoms with Gasteiger partial charge in [0, 0.05) is 37.0 Å². The van der Waals surface area contributed by atoms with E-state index in [0.717, 1.165) is 52.7 Å². The lowest BCUT2D eigenvalue weighted by molar-refractivity contribution is 0.0710. The summed E-state index contributed by atoms with van der Waals surface area (Å²) in [6, 6.07) is 7.84. The zero-order chi connectivity index (χ0) is 19.5. The monoisotopic (exact) mass is 394 g/mol. The third-order valence-corrected chi connectivity index (χ3v) is 6.04. The van der Waals surface area contributed by atoms with Gasteiger partial charge in [-0.15, -0.1) is 11.3 Å². The second-order valence-electron chi connectivity index (χ2n) is 6.85. The van der Waals surface area contributed by atoms with E-state index in [4.69, 9.17) is 4.74 Å². The number of thiazole rings is 1. The van der Waals surface area contributed by atoms with E-state index >= 15 is 0 Å². The van der Waals surface area contributed by atoms with Gasteiger partial charge < -0.3 is 9.64 Å². The van der Waals surface area contributed by atoms with Crippen LogP contribution in [-0.2, 0) is 0 Å². The molecule has 28 heavy (non-hydrogen) atoms. The molecule has 0 radical (unpaired) electrons. The molecule has 0 N–H and O–H groups in total. The van der Waals surface area contributed by atoms with E-state index < -0.39 is 0 Å². The topological polar surface area (TPSA) is 68.2 Å². The fourth-order valence-electron chi connectivity index (χ4n) is 3.73. The van der Waals surface area contributed by atoms with Gasteiger partial charge in [-0.05, 0) is 31.9 Å². The molecule has 4 rings (SSSR count). The van der Waals surface area contributed by atoms with Gasteiger partial charge in [-0.1, -0.05) is 12.1 Å². The molecule has 6 nitrogen and oxygen atoms in total. The average molecular weight is 395 g/mol. The van der Waals surface area contributed by atoms with Crippen LogP contribution in [0.25, 0.3) is 11.3 Å². The minimum atomic E-state index is 0.0624. The summed E-state index contributed by atoms with van der Waals surface area (Å²) < 4.78 is 5.53. The predicted molar refractivity (Wildman–Crippen MR) is 109 cm³/mol. The van der Waals surface area contributed by atoms with Crippen LogP contribution < -0.4 is 4.74 Å². The standard InChI is InChI=1S/C21H22N4O2S/c1-14-20(28-13-24-14)21(26)25-11-5-6-15(12-25)18-19(23-10-9-22-18)16-7-3-4-8-17(16)27-2/h3-4,7-10,13,15H,5-6,11-12H2,1-2H3. The number of hydrogen-bond donors (Lipinski definition) is 0. The van der Waals surface area contributed by atoms with Crippen LogP contribution in [0.5, 0.6) is 5.75 Å². The average Bonchev–Trinajstić information content (AvgIpc) is 3.19. The first kappa shape index (κ1) is 18.6. The van der Waals surface area contributed by atoms with Gasteiger partial charge in [0.2, 0.25) is 0 Å². The van der Waals surface area contributed by atoms with E-state index in [9.17, 15) is 4.79 Å². The molecular formula is C21H22N4O2S. The normalized spacial score (nSPS) is 16.8. The van der Waals surface area contributed by atoms with Gasteiger partial charge in [0.25, 0.3) is 5.91 Å². The Morgan fingerprint density at radius 2 is 2.04 bits per heavy atom. The SMILES string of the molecule is COc1ccccc1-c1nccnc1C1CCCN(C(=O)c2scnc2C)C1. The lowest BCUT2D eigenvalue weighted by atomic mass is 9.91. The van der Waals surface area contributed by atoms with Gasteiger partial charge in [-0.3, -0.25) is 14.8 Å². The summed E-state index contributed by atoms with van der Waals surface area (Å²) in [6.07, 6.45) is 5.35. The maximum absolute atomic E-state index is 13.0. The smallest absolute Gasteiger partial charge is 0.265 e. The highest BCUT2D eigenvalue weighted by molar-refractivity contribution is 7.11. The quantitative estimate of drug-likeness (QED) is 0.670. The maximum Gasteiger partial charge on any atom is 0.265 e. The number of aryl methyl sites for hydroxylation is 1. The van der Waals surface area contributed by atoms with Crippen LogP contribution >= 0.6 is 11.3 Å². The largest absolute Gasteiger partial charge is 0.496 e. The first-order chi connectivity index (χ1) is 13.7. The van der Waals surface area contributed by atoms with Crippen molar-refractivity contribution >= 4 is 17.2 Å². The molecule has 1 aromatic carbocycles. The number of methoxy groups -OCH3 is 1. The number of benzene rings is 1. The minimum Gasteiger partial charge on any atom is -0.496 e. The van der Waals surface area contributed by atoms with Crippen molar-refractivity contribution in [1.82, 2.24) is 19.9 Å². The molecule has 1 aliphatic heterocycles. The molecule has 0 aliphatic carbocycles. The van der Waals surface area contributed by atoms with Crippen molar-refractivity contribution in [2.45, 2.75) is 25.7 Å². The number of likely N-dealkylation sites (tertiary alicyclic amines) is 1. The van der Waals surface area contributed by atoms with Gasteiger partial charge in [0.15, 0.2) is 0 Å². The summed E-state index contributed by atoms with van der Waals surface area (Å²) in [7, 11) is 1.66. The molecule has 0 saturated carbocycles. The maximum atomic E-state index is 13.0. The number of nitrogens with zero attached hydrogens (tertiary/aromatic N) is 4. The Bertz CT molecular complexity index is 988. The van der Waals surface area contributed by atoms with Crippen LogP contribution in [0.15, 0.2) is 42.2 Å². The molecule has 0 bridgehead atoms. The molecule has 3 heterocycles. The van der Waals surface area contributed by atoms with Gasteiger partial charge in [-0.2, -0.15) is 0 Å². The van der Waals surface area contributed by atoms with Crippen molar-refractivity contribution in [1.29, 1.82) is 0 Å². The van der Waals surface area contributed by atoms with Gasteiger partial charge in [0.05, 0.1) is 29.7 Å². The zero-order valence-corrected chi connectivity index (χ0v) is 16.8. The third kappa shape index (κ3) is 3.49. The van der Waals surface area contributed by atoms with E-state index in [2.05, 4.69) is 15.0 Å². The summed E-state index contributed by atoms with van der Waals surface area (Å²) in [6.45, 7) is 3.28. The number of hydrogen-bond acceptors (Lipinski definition) is 6. The molecule has 144 valence electrons. The lowest BCUT2D eigenvalue weighted by Crippen LogP contribution is -2.39. The number of carbonyl (C=O) groups is 1. The van der Waals surface area contributed by atoms with E-state index in [1.807, 2.05) is 36.1 Å². The predicted octanol–water partition coefficient (Wildman–Crippen LogP) is 3.94. The zero-order valence-electron chi connectivity index (χ0n) is 16.0. The van der Waals surface area contributed by atoms with Crippen LogP contribution in [0.1, 0.15) is 39.8 Å². The van der Waals surface area contributed by atoms with Gasteiger partial charge in [-0.25, -0.2) is 4.98 Å². The fourth-order valence-corrected chi connectivity index (χ4v) is 4.50. The highest BCUT2D eigenvalue weighted by Gasteiger charge is 2.30. The van der Waals surface area contributed by atoms with E-state index in [1.165, 1.54) is 11.3 Å². The van der Waals surface area contributed by atoms with Crippen LogP contribution in [-0.4, -0.2) is 46.0 Å². The molecule has 0 spiro atoms. The summed E-state index contributed by atoms with van der Waals surface area (Å²) >= 11 is 1.41. The van der Waals surface area contributed by atoms with Gasteiger partial charge in [0.1, 0.15) is 10.6 Å². The summed E-state index contributed by atoms with van der Waals surface area (Å²) in [5, 5.41) is 0. The van der Waals surface area contributed by atoms with Crippen LogP contribution in [0, 0.1) is 6.92 Å². The number of piperidine rings is 1. The lowest BCUT2D eigenvalue weighted by Gasteiger charge is -2.33. The molecule has 1 atom stereocenters. The van der Waals surface area contributed by atoms with Crippen molar-refractivity contribution in [3.05, 3.63) is 58.4 Å². The number of rotatable bonds is 4. The molecular weight excluding hydrogens is 372 g/mol. The summed E-state index contributed by atoms with van der Waals surface area (Å²) in [5.41, 5.74) is 5.20. The Hall–Kier alpha value is -2.80. The van der Waals surface area contributed by atoms with E-state index in [1.54, 1.807) is 25.0 Å². The molecule has 1 aliphatic rings. The van der Waals surface area contributed by atoms with Crippen molar-refractivity contribution in [2.75, 3.05) is 20.2 Å². The van der Waals surface area contributed by atoms with Crippen LogP contribution in [0.3, 0.4) is 0 Å².